The number of nitrogens with one attached hydrogen (secondary N) is 1. The average Bonchev–Trinajstić information content (AvgIpc) is 2.58. The van der Waals surface area contributed by atoms with Crippen LogP contribution in [0, 0.1) is 0 Å². The van der Waals surface area contributed by atoms with Crippen molar-refractivity contribution in [1.82, 2.24) is 19.5 Å². The standard InChI is InChI=1S/C16H14ClN5O2S/c1-2-25-16-18-7-12-14(21-16)19-9-22(15(12)24)8-13(23)20-11-5-3-4-10(17)6-11/h3-7,9H,2,8H2,1H3,(H,20,23). The van der Waals surface area contributed by atoms with Crippen molar-refractivity contribution in [2.75, 3.05) is 11.1 Å². The van der Waals surface area contributed by atoms with Crippen LogP contribution in [0.15, 0.2) is 46.7 Å². The lowest BCUT2D eigenvalue weighted by atomic mass is 10.3. The van der Waals surface area contributed by atoms with Crippen molar-refractivity contribution in [2.45, 2.75) is 18.6 Å². The molecule has 9 heteroatoms. The molecule has 0 aliphatic heterocycles. The second-order valence-electron chi connectivity index (χ2n) is 5.06. The second kappa shape index (κ2) is 7.62. The SMILES string of the molecule is CCSc1ncc2c(=O)n(CC(=O)Nc3cccc(Cl)c3)cnc2n1. The minimum Gasteiger partial charge on any atom is -0.324 e. The molecule has 0 bridgehead atoms. The number of hydrogen-bond donors (Lipinski definition) is 1. The molecule has 0 radical (unpaired) electrons. The van der Waals surface area contributed by atoms with Crippen LogP contribution in [0.1, 0.15) is 6.92 Å². The Bertz CT molecular complexity index is 992. The first-order valence-electron chi connectivity index (χ1n) is 7.47. The Morgan fingerprint density at radius 3 is 2.96 bits per heavy atom. The molecule has 128 valence electrons. The molecular formula is C16H14ClN5O2S. The molecule has 1 amide bonds. The van der Waals surface area contributed by atoms with Crippen LogP contribution in [0.5, 0.6) is 0 Å². The maximum Gasteiger partial charge on any atom is 0.264 e. The summed E-state index contributed by atoms with van der Waals surface area (Å²) >= 11 is 7.35. The van der Waals surface area contributed by atoms with Crippen molar-refractivity contribution in [2.24, 2.45) is 0 Å². The van der Waals surface area contributed by atoms with Crippen molar-refractivity contribution in [3.63, 3.8) is 0 Å². The summed E-state index contributed by atoms with van der Waals surface area (Å²) in [6.07, 6.45) is 2.76. The van der Waals surface area contributed by atoms with E-state index in [0.717, 1.165) is 5.75 Å². The van der Waals surface area contributed by atoms with Gasteiger partial charge in [0, 0.05) is 16.9 Å². The van der Waals surface area contributed by atoms with Gasteiger partial charge >= 0.3 is 0 Å². The summed E-state index contributed by atoms with van der Waals surface area (Å²) in [5.74, 6) is 0.469. The minimum absolute atomic E-state index is 0.167. The Hall–Kier alpha value is -2.45. The molecule has 0 atom stereocenters. The van der Waals surface area contributed by atoms with Gasteiger partial charge in [-0.1, -0.05) is 36.4 Å². The van der Waals surface area contributed by atoms with E-state index in [1.165, 1.54) is 28.9 Å². The monoisotopic (exact) mass is 375 g/mol. The summed E-state index contributed by atoms with van der Waals surface area (Å²) in [6.45, 7) is 1.82. The molecule has 0 saturated heterocycles. The van der Waals surface area contributed by atoms with E-state index in [-0.39, 0.29) is 23.4 Å². The zero-order chi connectivity index (χ0) is 17.8. The Kier molecular flexibility index (Phi) is 5.30. The molecule has 0 aliphatic carbocycles. The van der Waals surface area contributed by atoms with Gasteiger partial charge in [0.15, 0.2) is 10.8 Å². The van der Waals surface area contributed by atoms with Gasteiger partial charge in [0.1, 0.15) is 18.3 Å². The van der Waals surface area contributed by atoms with Crippen molar-refractivity contribution in [1.29, 1.82) is 0 Å². The van der Waals surface area contributed by atoms with Gasteiger partial charge in [0.25, 0.3) is 5.56 Å². The first-order valence-corrected chi connectivity index (χ1v) is 8.83. The smallest absolute Gasteiger partial charge is 0.264 e. The van der Waals surface area contributed by atoms with Crippen LogP contribution in [-0.4, -0.2) is 31.2 Å². The minimum atomic E-state index is -0.362. The third-order valence-electron chi connectivity index (χ3n) is 3.25. The molecule has 25 heavy (non-hydrogen) atoms. The largest absolute Gasteiger partial charge is 0.324 e. The number of aromatic nitrogens is 4. The molecule has 0 aliphatic rings. The number of carbonyl (C=O) groups excluding carboxylic acids is 1. The number of carbonyl (C=O) groups is 1. The van der Waals surface area contributed by atoms with Crippen LogP contribution in [-0.2, 0) is 11.3 Å². The Morgan fingerprint density at radius 2 is 2.20 bits per heavy atom. The summed E-state index contributed by atoms with van der Waals surface area (Å²) in [5.41, 5.74) is 0.519. The fourth-order valence-corrected chi connectivity index (χ4v) is 2.90. The Balaban J connectivity index is 1.81. The highest BCUT2D eigenvalue weighted by atomic mass is 35.5. The van der Waals surface area contributed by atoms with Crippen LogP contribution < -0.4 is 10.9 Å². The van der Waals surface area contributed by atoms with Crippen molar-refractivity contribution >= 4 is 46.0 Å². The summed E-state index contributed by atoms with van der Waals surface area (Å²) in [7, 11) is 0. The first-order chi connectivity index (χ1) is 12.1. The van der Waals surface area contributed by atoms with E-state index in [4.69, 9.17) is 11.6 Å². The van der Waals surface area contributed by atoms with Crippen LogP contribution in [0.25, 0.3) is 11.0 Å². The van der Waals surface area contributed by atoms with Gasteiger partial charge in [-0.15, -0.1) is 0 Å². The average molecular weight is 376 g/mol. The quantitative estimate of drug-likeness (QED) is 0.544. The molecular weight excluding hydrogens is 362 g/mol. The van der Waals surface area contributed by atoms with E-state index >= 15 is 0 Å². The van der Waals surface area contributed by atoms with Gasteiger partial charge < -0.3 is 5.32 Å². The van der Waals surface area contributed by atoms with E-state index in [2.05, 4.69) is 20.3 Å². The summed E-state index contributed by atoms with van der Waals surface area (Å²) in [5, 5.41) is 4.05. The van der Waals surface area contributed by atoms with Gasteiger partial charge in [0.05, 0.1) is 0 Å². The van der Waals surface area contributed by atoms with Crippen molar-refractivity contribution < 1.29 is 4.79 Å². The molecule has 1 N–H and O–H groups in total. The highest BCUT2D eigenvalue weighted by Gasteiger charge is 2.10. The number of nitrogens with zero attached hydrogens (tertiary/aromatic N) is 4. The number of halogens is 1. The lowest BCUT2D eigenvalue weighted by Gasteiger charge is -2.08. The van der Waals surface area contributed by atoms with Gasteiger partial charge in [0.2, 0.25) is 5.91 Å². The zero-order valence-electron chi connectivity index (χ0n) is 13.3. The third-order valence-corrected chi connectivity index (χ3v) is 4.23. The van der Waals surface area contributed by atoms with E-state index in [1.807, 2.05) is 6.92 Å². The fourth-order valence-electron chi connectivity index (χ4n) is 2.17. The van der Waals surface area contributed by atoms with Gasteiger partial charge in [-0.25, -0.2) is 15.0 Å². The maximum absolute atomic E-state index is 12.5. The highest BCUT2D eigenvalue weighted by molar-refractivity contribution is 7.99. The molecule has 3 rings (SSSR count). The number of thioether (sulfide) groups is 1. The lowest BCUT2D eigenvalue weighted by molar-refractivity contribution is -0.116. The number of anilines is 1. The van der Waals surface area contributed by atoms with E-state index in [9.17, 15) is 9.59 Å². The highest BCUT2D eigenvalue weighted by Crippen LogP contribution is 2.15. The molecule has 3 aromatic rings. The molecule has 1 aromatic carbocycles. The maximum atomic E-state index is 12.5. The van der Waals surface area contributed by atoms with E-state index in [0.29, 0.717) is 21.5 Å². The van der Waals surface area contributed by atoms with Crippen LogP contribution in [0.2, 0.25) is 5.02 Å². The predicted molar refractivity (Wildman–Crippen MR) is 98.1 cm³/mol. The summed E-state index contributed by atoms with van der Waals surface area (Å²) < 4.78 is 1.22. The molecule has 7 nitrogen and oxygen atoms in total. The summed E-state index contributed by atoms with van der Waals surface area (Å²) in [6, 6.07) is 6.78. The number of hydrogen-bond acceptors (Lipinski definition) is 6. The molecule has 0 fully saturated rings. The number of fused-ring (bicyclic) bond motifs is 1. The van der Waals surface area contributed by atoms with E-state index in [1.54, 1.807) is 24.3 Å². The third kappa shape index (κ3) is 4.15. The Labute approximate surface area is 152 Å². The van der Waals surface area contributed by atoms with Gasteiger partial charge in [-0.05, 0) is 24.0 Å². The number of rotatable bonds is 5. The zero-order valence-corrected chi connectivity index (χ0v) is 14.8. The topological polar surface area (TPSA) is 89.8 Å². The first kappa shape index (κ1) is 17.4. The Morgan fingerprint density at radius 1 is 1.36 bits per heavy atom. The van der Waals surface area contributed by atoms with Crippen LogP contribution in [0.4, 0.5) is 5.69 Å². The molecule has 2 aromatic heterocycles. The normalized spacial score (nSPS) is 10.8. The van der Waals surface area contributed by atoms with Crippen LogP contribution >= 0.6 is 23.4 Å². The van der Waals surface area contributed by atoms with Crippen molar-refractivity contribution in [3.05, 3.63) is 52.2 Å². The molecule has 2 heterocycles. The lowest BCUT2D eigenvalue weighted by Crippen LogP contribution is -2.28. The van der Waals surface area contributed by atoms with Gasteiger partial charge in [-0.2, -0.15) is 0 Å². The van der Waals surface area contributed by atoms with E-state index < -0.39 is 0 Å². The second-order valence-corrected chi connectivity index (χ2v) is 6.73. The molecule has 0 saturated carbocycles. The van der Waals surface area contributed by atoms with Crippen molar-refractivity contribution in [3.8, 4) is 0 Å². The molecule has 0 spiro atoms. The summed E-state index contributed by atoms with van der Waals surface area (Å²) in [4.78, 5) is 37.1. The predicted octanol–water partition coefficient (Wildman–Crippen LogP) is 2.59. The van der Waals surface area contributed by atoms with Gasteiger partial charge in [-0.3, -0.25) is 14.2 Å². The fraction of sp³-hybridized carbons (Fsp3) is 0.188. The van der Waals surface area contributed by atoms with Crippen LogP contribution in [0.3, 0.4) is 0 Å². The number of benzene rings is 1. The number of amides is 1. The molecule has 0 unspecified atom stereocenters.